The van der Waals surface area contributed by atoms with Crippen LogP contribution in [0.2, 0.25) is 0 Å². The van der Waals surface area contributed by atoms with Crippen LogP contribution in [0.5, 0.6) is 0 Å². The number of aromatic amines is 1. The zero-order valence-electron chi connectivity index (χ0n) is 12.0. The molecule has 1 aliphatic carbocycles. The highest BCUT2D eigenvalue weighted by atomic mass is 19.1. The first kappa shape index (κ1) is 13.7. The van der Waals surface area contributed by atoms with Crippen LogP contribution in [0.15, 0.2) is 35.1 Å². The van der Waals surface area contributed by atoms with Crippen LogP contribution in [-0.4, -0.2) is 24.0 Å². The molecule has 1 saturated heterocycles. The Bertz CT molecular complexity index is 818. The predicted molar refractivity (Wildman–Crippen MR) is 81.0 cm³/mol. The third-order valence-electron chi connectivity index (χ3n) is 4.40. The van der Waals surface area contributed by atoms with E-state index in [-0.39, 0.29) is 11.4 Å². The molecule has 0 bridgehead atoms. The molecule has 114 valence electrons. The number of fused-ring (bicyclic) bond motifs is 1. The highest BCUT2D eigenvalue weighted by Crippen LogP contribution is 2.39. The number of rotatable bonds is 1. The number of pyridine rings is 1. The number of hydrogen-bond acceptors (Lipinski definition) is 3. The van der Waals surface area contributed by atoms with E-state index >= 15 is 0 Å². The minimum absolute atomic E-state index is 0.177. The van der Waals surface area contributed by atoms with Gasteiger partial charge in [0.15, 0.2) is 5.79 Å². The van der Waals surface area contributed by atoms with Gasteiger partial charge in [-0.3, -0.25) is 4.79 Å². The summed E-state index contributed by atoms with van der Waals surface area (Å²) in [5.74, 6) is -0.803. The van der Waals surface area contributed by atoms with E-state index in [2.05, 4.69) is 4.98 Å². The lowest BCUT2D eigenvalue weighted by Gasteiger charge is -2.30. The van der Waals surface area contributed by atoms with Gasteiger partial charge in [0, 0.05) is 29.8 Å². The smallest absolute Gasteiger partial charge is 0.249 e. The topological polar surface area (TPSA) is 51.3 Å². The second kappa shape index (κ2) is 5.04. The second-order valence-electron chi connectivity index (χ2n) is 5.78. The van der Waals surface area contributed by atoms with Crippen LogP contribution in [0.25, 0.3) is 16.5 Å². The van der Waals surface area contributed by atoms with Crippen molar-refractivity contribution in [3.8, 4) is 0 Å². The average Bonchev–Trinajstić information content (AvgIpc) is 2.96. The van der Waals surface area contributed by atoms with Crippen molar-refractivity contribution in [2.45, 2.75) is 25.0 Å². The first-order chi connectivity index (χ1) is 10.7. The summed E-state index contributed by atoms with van der Waals surface area (Å²) < 4.78 is 25.0. The molecule has 0 amide bonds. The molecule has 4 nitrogen and oxygen atoms in total. The van der Waals surface area contributed by atoms with Crippen LogP contribution in [0, 0.1) is 5.82 Å². The molecule has 1 fully saturated rings. The number of aromatic nitrogens is 1. The summed E-state index contributed by atoms with van der Waals surface area (Å²) in [6, 6.07) is 5.96. The lowest BCUT2D eigenvalue weighted by molar-refractivity contribution is -0.159. The number of halogens is 1. The Morgan fingerprint density at radius 3 is 2.73 bits per heavy atom. The first-order valence-corrected chi connectivity index (χ1v) is 7.45. The second-order valence-corrected chi connectivity index (χ2v) is 5.78. The Labute approximate surface area is 126 Å². The minimum Gasteiger partial charge on any atom is -0.347 e. The highest BCUT2D eigenvalue weighted by molar-refractivity contribution is 5.91. The van der Waals surface area contributed by atoms with Crippen LogP contribution in [0.1, 0.15) is 24.8 Å². The van der Waals surface area contributed by atoms with E-state index in [0.717, 1.165) is 29.4 Å². The Balaban J connectivity index is 1.79. The Hall–Kier alpha value is -1.98. The maximum absolute atomic E-state index is 13.6. The molecule has 1 spiro atoms. The molecule has 1 aromatic carbocycles. The Morgan fingerprint density at radius 2 is 2.00 bits per heavy atom. The Morgan fingerprint density at radius 1 is 1.18 bits per heavy atom. The van der Waals surface area contributed by atoms with Gasteiger partial charge in [-0.25, -0.2) is 4.39 Å². The molecule has 0 unspecified atom stereocenters. The molecular weight excluding hydrogens is 285 g/mol. The summed E-state index contributed by atoms with van der Waals surface area (Å²) in [7, 11) is 0. The van der Waals surface area contributed by atoms with Gasteiger partial charge in [0.25, 0.3) is 0 Å². The average molecular weight is 301 g/mol. The van der Waals surface area contributed by atoms with Crippen molar-refractivity contribution in [3.05, 3.63) is 52.1 Å². The van der Waals surface area contributed by atoms with E-state index < -0.39 is 5.79 Å². The van der Waals surface area contributed by atoms with Crippen LogP contribution in [0.4, 0.5) is 4.39 Å². The molecule has 1 aliphatic heterocycles. The fourth-order valence-electron chi connectivity index (χ4n) is 3.30. The third-order valence-corrected chi connectivity index (χ3v) is 4.40. The minimum atomic E-state index is -0.494. The highest BCUT2D eigenvalue weighted by Gasteiger charge is 2.37. The number of ether oxygens (including phenoxy) is 2. The normalized spacial score (nSPS) is 20.5. The van der Waals surface area contributed by atoms with Crippen LogP contribution in [0.3, 0.4) is 0 Å². The summed E-state index contributed by atoms with van der Waals surface area (Å²) in [5, 5.41) is 0.732. The molecule has 1 aromatic heterocycles. The van der Waals surface area contributed by atoms with Crippen molar-refractivity contribution in [2.75, 3.05) is 13.2 Å². The molecule has 0 atom stereocenters. The first-order valence-electron chi connectivity index (χ1n) is 7.45. The van der Waals surface area contributed by atoms with Crippen molar-refractivity contribution >= 4 is 16.5 Å². The van der Waals surface area contributed by atoms with Gasteiger partial charge in [0.2, 0.25) is 5.56 Å². The number of hydrogen-bond donors (Lipinski definition) is 1. The molecule has 2 heterocycles. The van der Waals surface area contributed by atoms with E-state index in [1.807, 2.05) is 6.08 Å². The molecule has 4 rings (SSSR count). The van der Waals surface area contributed by atoms with Gasteiger partial charge in [-0.2, -0.15) is 0 Å². The fourth-order valence-corrected chi connectivity index (χ4v) is 3.30. The number of H-pyrrole nitrogens is 1. The monoisotopic (exact) mass is 301 g/mol. The zero-order chi connectivity index (χ0) is 15.2. The van der Waals surface area contributed by atoms with Crippen molar-refractivity contribution in [1.29, 1.82) is 0 Å². The molecule has 2 aromatic rings. The molecule has 5 heteroatoms. The van der Waals surface area contributed by atoms with E-state index in [9.17, 15) is 9.18 Å². The number of allylic oxidation sites excluding steroid dienone is 1. The van der Waals surface area contributed by atoms with Crippen molar-refractivity contribution in [3.63, 3.8) is 0 Å². The van der Waals surface area contributed by atoms with Gasteiger partial charge in [0.05, 0.1) is 13.2 Å². The van der Waals surface area contributed by atoms with Gasteiger partial charge in [-0.05, 0) is 35.8 Å². The molecule has 22 heavy (non-hydrogen) atoms. The van der Waals surface area contributed by atoms with Gasteiger partial charge >= 0.3 is 0 Å². The maximum atomic E-state index is 13.6. The maximum Gasteiger partial charge on any atom is 0.249 e. The molecular formula is C17H16FNO3. The van der Waals surface area contributed by atoms with E-state index in [0.29, 0.717) is 25.2 Å². The summed E-state index contributed by atoms with van der Waals surface area (Å²) >= 11 is 0. The van der Waals surface area contributed by atoms with E-state index in [1.165, 1.54) is 12.1 Å². The standard InChI is InChI=1S/C17H16FNO3/c18-12-1-2-15-14(9-12)13(10-16(20)19-15)11-3-5-17(6-4-11)21-7-8-22-17/h1-3,9-10H,4-8H2,(H,19,20). The van der Waals surface area contributed by atoms with E-state index in [4.69, 9.17) is 9.47 Å². The van der Waals surface area contributed by atoms with Gasteiger partial charge in [-0.1, -0.05) is 6.08 Å². The third kappa shape index (κ3) is 2.26. The Kier molecular flexibility index (Phi) is 3.13. The van der Waals surface area contributed by atoms with Crippen molar-refractivity contribution in [2.24, 2.45) is 0 Å². The van der Waals surface area contributed by atoms with Crippen LogP contribution < -0.4 is 5.56 Å². The summed E-state index contributed by atoms with van der Waals surface area (Å²) in [6.45, 7) is 1.25. The van der Waals surface area contributed by atoms with Gasteiger partial charge < -0.3 is 14.5 Å². The summed E-state index contributed by atoms with van der Waals surface area (Å²) in [5.41, 5.74) is 2.32. The summed E-state index contributed by atoms with van der Waals surface area (Å²) in [4.78, 5) is 14.6. The molecule has 1 N–H and O–H groups in total. The number of benzene rings is 1. The molecule has 2 aliphatic rings. The quantitative estimate of drug-likeness (QED) is 0.881. The lowest BCUT2D eigenvalue weighted by Crippen LogP contribution is -2.31. The molecule has 0 saturated carbocycles. The SMILES string of the molecule is O=c1cc(C2=CCC3(CC2)OCCO3)c2cc(F)ccc2[nH]1. The van der Waals surface area contributed by atoms with Crippen molar-refractivity contribution in [1.82, 2.24) is 4.98 Å². The summed E-state index contributed by atoms with van der Waals surface area (Å²) in [6.07, 6.45) is 4.21. The molecule has 0 radical (unpaired) electrons. The fraction of sp³-hybridized carbons (Fsp3) is 0.353. The van der Waals surface area contributed by atoms with Gasteiger partial charge in [0.1, 0.15) is 5.82 Å². The lowest BCUT2D eigenvalue weighted by atomic mass is 9.88. The van der Waals surface area contributed by atoms with Crippen molar-refractivity contribution < 1.29 is 13.9 Å². The predicted octanol–water partition coefficient (Wildman–Crippen LogP) is 2.98. The van der Waals surface area contributed by atoms with Crippen LogP contribution in [-0.2, 0) is 9.47 Å². The van der Waals surface area contributed by atoms with E-state index in [1.54, 1.807) is 12.1 Å². The number of nitrogens with one attached hydrogen (secondary N) is 1. The van der Waals surface area contributed by atoms with Gasteiger partial charge in [-0.15, -0.1) is 0 Å². The largest absolute Gasteiger partial charge is 0.347 e. The van der Waals surface area contributed by atoms with Crippen LogP contribution >= 0.6 is 0 Å². The zero-order valence-corrected chi connectivity index (χ0v) is 12.0.